The molecule has 1 N–H and O–H groups in total. The Hall–Kier alpha value is -1.77. The lowest BCUT2D eigenvalue weighted by molar-refractivity contribution is -0.108. The number of nitriles is 1. The Labute approximate surface area is 174 Å². The van der Waals surface area contributed by atoms with Crippen LogP contribution in [-0.4, -0.2) is 25.4 Å². The van der Waals surface area contributed by atoms with Gasteiger partial charge in [-0.05, 0) is 48.5 Å². The van der Waals surface area contributed by atoms with Crippen molar-refractivity contribution in [3.63, 3.8) is 0 Å². The summed E-state index contributed by atoms with van der Waals surface area (Å²) in [5, 5.41) is 14.0. The Balaban J connectivity index is 2.46. The van der Waals surface area contributed by atoms with Gasteiger partial charge in [0.1, 0.15) is 12.4 Å². The molecular weight excluding hydrogens is 405 g/mol. The highest BCUT2D eigenvalue weighted by Gasteiger charge is 2.21. The van der Waals surface area contributed by atoms with Crippen LogP contribution >= 0.6 is 34.8 Å². The summed E-state index contributed by atoms with van der Waals surface area (Å²) in [6.45, 7) is 3.86. The van der Waals surface area contributed by atoms with Gasteiger partial charge in [-0.15, -0.1) is 0 Å². The monoisotopic (exact) mass is 423 g/mol. The zero-order chi connectivity index (χ0) is 19.8. The Kier molecular flexibility index (Phi) is 8.40. The second kappa shape index (κ2) is 10.5. The van der Waals surface area contributed by atoms with E-state index in [-0.39, 0.29) is 6.04 Å². The predicted octanol–water partition coefficient (Wildman–Crippen LogP) is 5.09. The summed E-state index contributed by atoms with van der Waals surface area (Å²) in [4.78, 5) is 13.3. The van der Waals surface area contributed by atoms with Crippen molar-refractivity contribution in [1.82, 2.24) is 5.32 Å². The summed E-state index contributed by atoms with van der Waals surface area (Å²) in [5.74, 6) is 0. The molecule has 0 fully saturated rings. The van der Waals surface area contributed by atoms with Gasteiger partial charge in [-0.3, -0.25) is 0 Å². The van der Waals surface area contributed by atoms with E-state index < -0.39 is 0 Å². The normalized spacial score (nSPS) is 11.7. The summed E-state index contributed by atoms with van der Waals surface area (Å²) in [6.07, 6.45) is 1.24. The highest BCUT2D eigenvalue weighted by molar-refractivity contribution is 6.33. The first kappa shape index (κ1) is 21.5. The Morgan fingerprint density at radius 2 is 1.96 bits per heavy atom. The fourth-order valence-electron chi connectivity index (χ4n) is 2.80. The van der Waals surface area contributed by atoms with E-state index in [0.29, 0.717) is 40.1 Å². The van der Waals surface area contributed by atoms with E-state index >= 15 is 0 Å². The van der Waals surface area contributed by atoms with Crippen LogP contribution in [0, 0.1) is 11.3 Å². The summed E-state index contributed by atoms with van der Waals surface area (Å²) < 4.78 is 0. The number of anilines is 1. The number of halogens is 3. The van der Waals surface area contributed by atoms with Crippen LogP contribution in [0.5, 0.6) is 0 Å². The average molecular weight is 425 g/mol. The molecule has 0 bridgehead atoms. The maximum atomic E-state index is 11.3. The van der Waals surface area contributed by atoms with E-state index in [0.717, 1.165) is 24.1 Å². The van der Waals surface area contributed by atoms with Crippen molar-refractivity contribution < 1.29 is 4.79 Å². The van der Waals surface area contributed by atoms with Crippen LogP contribution < -0.4 is 10.2 Å². The van der Waals surface area contributed by atoms with Gasteiger partial charge in [-0.25, -0.2) is 0 Å². The molecule has 0 aliphatic rings. The number of carbonyl (C=O) groups is 1. The second-order valence-electron chi connectivity index (χ2n) is 6.00. The maximum Gasteiger partial charge on any atom is 0.122 e. The lowest BCUT2D eigenvalue weighted by Crippen LogP contribution is -2.42. The molecule has 27 heavy (non-hydrogen) atoms. The molecule has 0 radical (unpaired) electrons. The minimum absolute atomic E-state index is 0.110. The molecule has 1 atom stereocenters. The third kappa shape index (κ3) is 5.85. The number of likely N-dealkylation sites (N-methyl/N-ethyl adjacent to an activating group) is 1. The molecule has 0 aromatic heterocycles. The first-order valence-electron chi connectivity index (χ1n) is 8.54. The Bertz CT molecular complexity index is 836. The van der Waals surface area contributed by atoms with Gasteiger partial charge in [0.15, 0.2) is 0 Å². The third-order valence-electron chi connectivity index (χ3n) is 4.19. The van der Waals surface area contributed by atoms with E-state index in [1.807, 2.05) is 19.1 Å². The van der Waals surface area contributed by atoms with Crippen LogP contribution in [0.1, 0.15) is 24.5 Å². The molecular formula is C20H20Cl3N3O. The molecule has 0 heterocycles. The van der Waals surface area contributed by atoms with Crippen LogP contribution in [0.4, 0.5) is 5.69 Å². The fourth-order valence-corrected chi connectivity index (χ4v) is 3.38. The van der Waals surface area contributed by atoms with E-state index in [4.69, 9.17) is 40.1 Å². The summed E-state index contributed by atoms with van der Waals surface area (Å²) in [5.41, 5.74) is 2.05. The van der Waals surface area contributed by atoms with Crippen molar-refractivity contribution in [3.05, 3.63) is 62.6 Å². The first-order valence-corrected chi connectivity index (χ1v) is 9.68. The molecule has 7 heteroatoms. The lowest BCUT2D eigenvalue weighted by atomic mass is 10.1. The molecule has 2 aromatic rings. The first-order chi connectivity index (χ1) is 13.0. The number of aldehydes is 1. The van der Waals surface area contributed by atoms with E-state index in [1.54, 1.807) is 24.3 Å². The van der Waals surface area contributed by atoms with Crippen molar-refractivity contribution in [2.45, 2.75) is 25.9 Å². The van der Waals surface area contributed by atoms with Gasteiger partial charge in [-0.2, -0.15) is 5.26 Å². The number of hydrogen-bond donors (Lipinski definition) is 1. The van der Waals surface area contributed by atoms with Crippen molar-refractivity contribution in [1.29, 1.82) is 5.26 Å². The van der Waals surface area contributed by atoms with Gasteiger partial charge in [0.05, 0.1) is 10.6 Å². The van der Waals surface area contributed by atoms with Gasteiger partial charge in [0.2, 0.25) is 0 Å². The topological polar surface area (TPSA) is 56.1 Å². The molecule has 0 aliphatic heterocycles. The summed E-state index contributed by atoms with van der Waals surface area (Å²) in [6, 6.07) is 12.5. The van der Waals surface area contributed by atoms with Crippen LogP contribution in [-0.2, 0) is 11.3 Å². The number of nitrogens with zero attached hydrogens (tertiary/aromatic N) is 2. The molecule has 0 aliphatic carbocycles. The minimum atomic E-state index is -0.110. The zero-order valence-electron chi connectivity index (χ0n) is 14.9. The molecule has 0 unspecified atom stereocenters. The molecule has 0 amide bonds. The number of benzene rings is 2. The smallest absolute Gasteiger partial charge is 0.122 e. The predicted molar refractivity (Wildman–Crippen MR) is 112 cm³/mol. The lowest BCUT2D eigenvalue weighted by Gasteiger charge is -2.34. The SMILES string of the molecule is CCNC[C@H](CC=O)N(Cc1cc(Cl)ccc1Cl)c1ccc(C#N)c(Cl)c1. The van der Waals surface area contributed by atoms with Crippen molar-refractivity contribution in [3.8, 4) is 6.07 Å². The highest BCUT2D eigenvalue weighted by Crippen LogP contribution is 2.29. The Morgan fingerprint density at radius 1 is 1.19 bits per heavy atom. The summed E-state index contributed by atoms with van der Waals surface area (Å²) >= 11 is 18.7. The van der Waals surface area contributed by atoms with Crippen molar-refractivity contribution in [2.75, 3.05) is 18.0 Å². The molecule has 2 aromatic carbocycles. The van der Waals surface area contributed by atoms with E-state index in [2.05, 4.69) is 16.3 Å². The maximum absolute atomic E-state index is 11.3. The van der Waals surface area contributed by atoms with Crippen LogP contribution in [0.15, 0.2) is 36.4 Å². The largest absolute Gasteiger partial charge is 0.362 e. The second-order valence-corrected chi connectivity index (χ2v) is 7.25. The number of nitrogens with one attached hydrogen (secondary N) is 1. The highest BCUT2D eigenvalue weighted by atomic mass is 35.5. The Morgan fingerprint density at radius 3 is 2.59 bits per heavy atom. The van der Waals surface area contributed by atoms with Crippen molar-refractivity contribution >= 4 is 46.8 Å². The number of hydrogen-bond acceptors (Lipinski definition) is 4. The van der Waals surface area contributed by atoms with Crippen molar-refractivity contribution in [2.24, 2.45) is 0 Å². The minimum Gasteiger partial charge on any atom is -0.362 e. The van der Waals surface area contributed by atoms with E-state index in [9.17, 15) is 4.79 Å². The fraction of sp³-hybridized carbons (Fsp3) is 0.300. The molecule has 0 saturated carbocycles. The van der Waals surface area contributed by atoms with Gasteiger partial charge in [0.25, 0.3) is 0 Å². The summed E-state index contributed by atoms with van der Waals surface area (Å²) in [7, 11) is 0. The van der Waals surface area contributed by atoms with E-state index in [1.165, 1.54) is 0 Å². The number of carbonyl (C=O) groups excluding carboxylic acids is 1. The zero-order valence-corrected chi connectivity index (χ0v) is 17.2. The molecule has 0 spiro atoms. The quantitative estimate of drug-likeness (QED) is 0.569. The number of rotatable bonds is 9. The van der Waals surface area contributed by atoms with Crippen LogP contribution in [0.2, 0.25) is 15.1 Å². The van der Waals surface area contributed by atoms with Crippen LogP contribution in [0.3, 0.4) is 0 Å². The molecule has 142 valence electrons. The standard InChI is InChI=1S/C20H20Cl3N3O/c1-2-25-12-18(7-8-27)26(13-15-9-16(21)4-6-19(15)22)17-5-3-14(11-24)20(23)10-17/h3-6,8-10,18,25H,2,7,12-13H2,1H3/t18-/m0/s1. The average Bonchev–Trinajstić information content (AvgIpc) is 2.66. The van der Waals surface area contributed by atoms with Crippen LogP contribution in [0.25, 0.3) is 0 Å². The molecule has 4 nitrogen and oxygen atoms in total. The third-order valence-corrected chi connectivity index (χ3v) is 5.11. The molecule has 2 rings (SSSR count). The molecule has 0 saturated heterocycles. The van der Waals surface area contributed by atoms with Gasteiger partial charge >= 0.3 is 0 Å². The van der Waals surface area contributed by atoms with Gasteiger partial charge < -0.3 is 15.0 Å². The van der Waals surface area contributed by atoms with Gasteiger partial charge in [0, 0.05) is 41.3 Å². The van der Waals surface area contributed by atoms with Gasteiger partial charge in [-0.1, -0.05) is 41.7 Å².